The molecule has 0 bridgehead atoms. The second-order valence-corrected chi connectivity index (χ2v) is 4.26. The van der Waals surface area contributed by atoms with Crippen molar-refractivity contribution in [1.82, 2.24) is 15.5 Å². The van der Waals surface area contributed by atoms with Crippen LogP contribution >= 0.6 is 11.6 Å². The van der Waals surface area contributed by atoms with Gasteiger partial charge in [-0.2, -0.15) is 4.98 Å². The third kappa shape index (κ3) is 3.54. The second kappa shape index (κ2) is 5.80. The first-order valence-corrected chi connectivity index (χ1v) is 5.87. The summed E-state index contributed by atoms with van der Waals surface area (Å²) < 4.78 is 4.67. The number of hydrogen-bond acceptors (Lipinski definition) is 4. The van der Waals surface area contributed by atoms with Crippen LogP contribution in [0.4, 0.5) is 0 Å². The van der Waals surface area contributed by atoms with Crippen molar-refractivity contribution < 1.29 is 4.52 Å². The summed E-state index contributed by atoms with van der Waals surface area (Å²) in [5.74, 6) is 0.718. The van der Waals surface area contributed by atoms with Gasteiger partial charge in [0.25, 0.3) is 0 Å². The fraction of sp³-hybridized carbons (Fsp3) is 0.333. The van der Waals surface area contributed by atoms with Gasteiger partial charge < -0.3 is 9.84 Å². The van der Waals surface area contributed by atoms with Gasteiger partial charge in [0, 0.05) is 24.0 Å². The van der Waals surface area contributed by atoms with Crippen LogP contribution in [0, 0.1) is 0 Å². The number of nitrogens with one attached hydrogen (secondary N) is 1. The molecule has 17 heavy (non-hydrogen) atoms. The Hall–Kier alpha value is -1.39. The van der Waals surface area contributed by atoms with E-state index in [4.69, 9.17) is 11.6 Å². The number of rotatable bonds is 5. The summed E-state index contributed by atoms with van der Waals surface area (Å²) in [7, 11) is 0. The fourth-order valence-corrected chi connectivity index (χ4v) is 1.80. The number of hydrogen-bond donors (Lipinski definition) is 1. The topological polar surface area (TPSA) is 51.0 Å². The molecule has 0 spiro atoms. The smallest absolute Gasteiger partial charge is 0.213 e. The SMILES string of the molecule is CC(NCCc1ncon1)c1cccc(Cl)c1. The standard InChI is InChI=1S/C12H14ClN3O/c1-9(10-3-2-4-11(13)7-10)14-6-5-12-15-8-17-16-12/h2-4,7-9,14H,5-6H2,1H3. The van der Waals surface area contributed by atoms with Gasteiger partial charge in [0.1, 0.15) is 0 Å². The molecule has 1 aromatic heterocycles. The maximum Gasteiger partial charge on any atom is 0.213 e. The maximum atomic E-state index is 5.94. The van der Waals surface area contributed by atoms with Gasteiger partial charge in [-0.3, -0.25) is 0 Å². The van der Waals surface area contributed by atoms with E-state index in [2.05, 4.69) is 33.0 Å². The molecule has 1 unspecified atom stereocenters. The zero-order chi connectivity index (χ0) is 12.1. The lowest BCUT2D eigenvalue weighted by molar-refractivity contribution is 0.408. The fourth-order valence-electron chi connectivity index (χ4n) is 1.60. The molecule has 4 nitrogen and oxygen atoms in total. The zero-order valence-electron chi connectivity index (χ0n) is 9.56. The molecule has 2 aromatic rings. The van der Waals surface area contributed by atoms with E-state index < -0.39 is 0 Å². The second-order valence-electron chi connectivity index (χ2n) is 3.83. The van der Waals surface area contributed by atoms with Crippen molar-refractivity contribution in [3.8, 4) is 0 Å². The van der Waals surface area contributed by atoms with Crippen LogP contribution in [-0.4, -0.2) is 16.7 Å². The van der Waals surface area contributed by atoms with Gasteiger partial charge in [-0.05, 0) is 24.6 Å². The van der Waals surface area contributed by atoms with Crippen molar-refractivity contribution in [3.05, 3.63) is 47.1 Å². The summed E-state index contributed by atoms with van der Waals surface area (Å²) in [6.45, 7) is 2.90. The summed E-state index contributed by atoms with van der Waals surface area (Å²) in [5.41, 5.74) is 1.17. The zero-order valence-corrected chi connectivity index (χ0v) is 10.3. The van der Waals surface area contributed by atoms with E-state index in [1.165, 1.54) is 12.0 Å². The molecule has 0 saturated carbocycles. The minimum atomic E-state index is 0.251. The highest BCUT2D eigenvalue weighted by molar-refractivity contribution is 6.30. The molecule has 0 saturated heterocycles. The van der Waals surface area contributed by atoms with Gasteiger partial charge >= 0.3 is 0 Å². The molecular formula is C12H14ClN3O. The van der Waals surface area contributed by atoms with Crippen molar-refractivity contribution in [2.75, 3.05) is 6.54 Å². The molecule has 0 radical (unpaired) electrons. The Morgan fingerprint density at radius 2 is 2.35 bits per heavy atom. The van der Waals surface area contributed by atoms with Gasteiger partial charge in [0.15, 0.2) is 5.82 Å². The third-order valence-corrected chi connectivity index (χ3v) is 2.79. The first-order chi connectivity index (χ1) is 8.25. The summed E-state index contributed by atoms with van der Waals surface area (Å²) in [5, 5.41) is 7.90. The van der Waals surface area contributed by atoms with Gasteiger partial charge in [-0.15, -0.1) is 0 Å². The van der Waals surface area contributed by atoms with E-state index >= 15 is 0 Å². The summed E-state index contributed by atoms with van der Waals surface area (Å²) in [4.78, 5) is 3.96. The first kappa shape index (κ1) is 12.1. The minimum Gasteiger partial charge on any atom is -0.343 e. The van der Waals surface area contributed by atoms with E-state index in [0.717, 1.165) is 23.8 Å². The van der Waals surface area contributed by atoms with Crippen LogP contribution in [0.25, 0.3) is 0 Å². The average Bonchev–Trinajstić information content (AvgIpc) is 2.82. The molecule has 1 aromatic carbocycles. The van der Waals surface area contributed by atoms with Crippen LogP contribution in [0.15, 0.2) is 35.2 Å². The average molecular weight is 252 g/mol. The Morgan fingerprint density at radius 3 is 3.06 bits per heavy atom. The summed E-state index contributed by atoms with van der Waals surface area (Å²) in [6.07, 6.45) is 2.09. The molecule has 90 valence electrons. The highest BCUT2D eigenvalue weighted by Crippen LogP contribution is 2.17. The Bertz CT molecular complexity index is 459. The molecular weight excluding hydrogens is 238 g/mol. The predicted octanol–water partition coefficient (Wildman–Crippen LogP) is 2.62. The molecule has 1 N–H and O–H groups in total. The number of benzene rings is 1. The first-order valence-electron chi connectivity index (χ1n) is 5.50. The highest BCUT2D eigenvalue weighted by Gasteiger charge is 2.05. The maximum absolute atomic E-state index is 5.94. The predicted molar refractivity (Wildman–Crippen MR) is 65.9 cm³/mol. The largest absolute Gasteiger partial charge is 0.343 e. The normalized spacial score (nSPS) is 12.6. The highest BCUT2D eigenvalue weighted by atomic mass is 35.5. The molecule has 0 aliphatic heterocycles. The van der Waals surface area contributed by atoms with Crippen LogP contribution < -0.4 is 5.32 Å². The molecule has 0 aliphatic carbocycles. The van der Waals surface area contributed by atoms with Crippen LogP contribution in [-0.2, 0) is 6.42 Å². The Kier molecular flexibility index (Phi) is 4.12. The van der Waals surface area contributed by atoms with Crippen molar-refractivity contribution >= 4 is 11.6 Å². The van der Waals surface area contributed by atoms with E-state index in [0.29, 0.717) is 0 Å². The minimum absolute atomic E-state index is 0.251. The van der Waals surface area contributed by atoms with Gasteiger partial charge in [0.2, 0.25) is 6.39 Å². The Morgan fingerprint density at radius 1 is 1.47 bits per heavy atom. The van der Waals surface area contributed by atoms with Crippen molar-refractivity contribution in [1.29, 1.82) is 0 Å². The number of halogens is 1. The molecule has 1 atom stereocenters. The summed E-state index contributed by atoms with van der Waals surface area (Å²) in [6, 6.07) is 8.10. The number of nitrogens with zero attached hydrogens (tertiary/aromatic N) is 2. The van der Waals surface area contributed by atoms with Gasteiger partial charge in [0.05, 0.1) is 0 Å². The lowest BCUT2D eigenvalue weighted by atomic mass is 10.1. The number of aromatic nitrogens is 2. The molecule has 5 heteroatoms. The lowest BCUT2D eigenvalue weighted by Crippen LogP contribution is -2.21. The van der Waals surface area contributed by atoms with Crippen molar-refractivity contribution in [2.24, 2.45) is 0 Å². The molecule has 1 heterocycles. The molecule has 0 fully saturated rings. The van der Waals surface area contributed by atoms with Crippen LogP contribution in [0.5, 0.6) is 0 Å². The molecule has 0 amide bonds. The lowest BCUT2D eigenvalue weighted by Gasteiger charge is -2.13. The van der Waals surface area contributed by atoms with E-state index in [-0.39, 0.29) is 6.04 Å². The van der Waals surface area contributed by atoms with E-state index in [9.17, 15) is 0 Å². The Balaban J connectivity index is 1.83. The Labute approximate surface area is 105 Å². The van der Waals surface area contributed by atoms with Crippen molar-refractivity contribution in [2.45, 2.75) is 19.4 Å². The molecule has 2 rings (SSSR count). The quantitative estimate of drug-likeness (QED) is 0.888. The van der Waals surface area contributed by atoms with Crippen molar-refractivity contribution in [3.63, 3.8) is 0 Å². The molecule has 0 aliphatic rings. The summed E-state index contributed by atoms with van der Waals surface area (Å²) >= 11 is 5.94. The van der Waals surface area contributed by atoms with Gasteiger partial charge in [-0.25, -0.2) is 0 Å². The monoisotopic (exact) mass is 251 g/mol. The van der Waals surface area contributed by atoms with E-state index in [1.54, 1.807) is 0 Å². The van der Waals surface area contributed by atoms with Crippen LogP contribution in [0.2, 0.25) is 5.02 Å². The van der Waals surface area contributed by atoms with E-state index in [1.807, 2.05) is 18.2 Å². The van der Waals surface area contributed by atoms with Crippen LogP contribution in [0.1, 0.15) is 24.4 Å². The van der Waals surface area contributed by atoms with Crippen LogP contribution in [0.3, 0.4) is 0 Å². The van der Waals surface area contributed by atoms with Gasteiger partial charge in [-0.1, -0.05) is 28.9 Å². The third-order valence-electron chi connectivity index (χ3n) is 2.55.